The average molecular weight is 345 g/mol. The van der Waals surface area contributed by atoms with Crippen molar-refractivity contribution >= 4 is 44.3 Å². The van der Waals surface area contributed by atoms with Gasteiger partial charge in [0, 0.05) is 6.54 Å². The van der Waals surface area contributed by atoms with Crippen LogP contribution < -0.4 is 10.0 Å². The first-order chi connectivity index (χ1) is 9.87. The average Bonchev–Trinajstić information content (AvgIpc) is 2.78. The molecule has 2 N–H and O–H groups in total. The fourth-order valence-corrected chi connectivity index (χ4v) is 5.36. The molecule has 1 heterocycles. The summed E-state index contributed by atoms with van der Waals surface area (Å²) >= 11 is 7.08. The van der Waals surface area contributed by atoms with Gasteiger partial charge in [0.2, 0.25) is 0 Å². The Labute approximate surface area is 134 Å². The van der Waals surface area contributed by atoms with Crippen LogP contribution in [0.5, 0.6) is 0 Å². The highest BCUT2D eigenvalue weighted by Gasteiger charge is 2.27. The summed E-state index contributed by atoms with van der Waals surface area (Å²) in [6, 6.07) is 8.56. The lowest BCUT2D eigenvalue weighted by molar-refractivity contribution is 0.592. The first kappa shape index (κ1) is 16.1. The van der Waals surface area contributed by atoms with Crippen molar-refractivity contribution in [3.05, 3.63) is 40.2 Å². The molecule has 0 bridgehead atoms. The van der Waals surface area contributed by atoms with Crippen LogP contribution in [0, 0.1) is 6.92 Å². The number of halogens is 1. The van der Waals surface area contributed by atoms with Crippen LogP contribution in [0.25, 0.3) is 0 Å². The minimum Gasteiger partial charge on any atom is -0.397 e. The van der Waals surface area contributed by atoms with Gasteiger partial charge in [0.25, 0.3) is 10.0 Å². The molecule has 1 aromatic heterocycles. The first-order valence-corrected chi connectivity index (χ1v) is 9.14. The molecule has 114 valence electrons. The largest absolute Gasteiger partial charge is 0.397 e. The van der Waals surface area contributed by atoms with Crippen LogP contribution in [0.4, 0.5) is 11.4 Å². The normalized spacial score (nSPS) is 11.6. The summed E-state index contributed by atoms with van der Waals surface area (Å²) in [6.07, 6.45) is 0.686. The second kappa shape index (κ2) is 6.25. The maximum atomic E-state index is 12.9. The van der Waals surface area contributed by atoms with Crippen molar-refractivity contribution in [2.24, 2.45) is 0 Å². The molecule has 0 aliphatic carbocycles. The van der Waals surface area contributed by atoms with E-state index in [4.69, 9.17) is 17.3 Å². The van der Waals surface area contributed by atoms with Crippen LogP contribution in [-0.4, -0.2) is 15.0 Å². The number of sulfonamides is 1. The predicted octanol–water partition coefficient (Wildman–Crippen LogP) is 3.90. The number of hydrogen-bond acceptors (Lipinski definition) is 4. The summed E-state index contributed by atoms with van der Waals surface area (Å²) in [5.41, 5.74) is 7.63. The van der Waals surface area contributed by atoms with Gasteiger partial charge in [0.05, 0.1) is 15.7 Å². The fraction of sp³-hybridized carbons (Fsp3) is 0.286. The third-order valence-corrected chi connectivity index (χ3v) is 6.83. The summed E-state index contributed by atoms with van der Waals surface area (Å²) in [5, 5.41) is 0. The highest BCUT2D eigenvalue weighted by molar-refractivity contribution is 7.94. The van der Waals surface area contributed by atoms with Crippen molar-refractivity contribution in [1.29, 1.82) is 0 Å². The quantitative estimate of drug-likeness (QED) is 0.837. The second-order valence-electron chi connectivity index (χ2n) is 4.66. The molecule has 0 saturated heterocycles. The van der Waals surface area contributed by atoms with Crippen molar-refractivity contribution in [2.75, 3.05) is 16.6 Å². The molecule has 0 spiro atoms. The Morgan fingerprint density at radius 3 is 2.52 bits per heavy atom. The minimum absolute atomic E-state index is 0.238. The second-order valence-corrected chi connectivity index (χ2v) is 8.40. The number of hydrogen-bond donors (Lipinski definition) is 1. The van der Waals surface area contributed by atoms with E-state index in [1.807, 2.05) is 6.92 Å². The molecule has 4 nitrogen and oxygen atoms in total. The van der Waals surface area contributed by atoms with E-state index in [9.17, 15) is 8.42 Å². The van der Waals surface area contributed by atoms with E-state index in [0.717, 1.165) is 16.9 Å². The van der Waals surface area contributed by atoms with E-state index >= 15 is 0 Å². The third-order valence-electron chi connectivity index (χ3n) is 3.01. The van der Waals surface area contributed by atoms with Gasteiger partial charge in [-0.3, -0.25) is 4.31 Å². The summed E-state index contributed by atoms with van der Waals surface area (Å²) < 4.78 is 27.8. The summed E-state index contributed by atoms with van der Waals surface area (Å²) in [4.78, 5) is 0. The lowest BCUT2D eigenvalue weighted by Crippen LogP contribution is -2.31. The molecule has 0 unspecified atom stereocenters. The van der Waals surface area contributed by atoms with Gasteiger partial charge in [0.1, 0.15) is 4.21 Å². The monoisotopic (exact) mass is 344 g/mol. The SMILES string of the molecule is CCCN(c1ccccc1N)S(=O)(=O)c1cc(C)c(Cl)s1. The number of nitrogens with two attached hydrogens (primary N) is 1. The lowest BCUT2D eigenvalue weighted by Gasteiger charge is -2.24. The molecule has 0 fully saturated rings. The lowest BCUT2D eigenvalue weighted by atomic mass is 10.2. The molecule has 0 amide bonds. The van der Waals surface area contributed by atoms with Crippen molar-refractivity contribution in [3.63, 3.8) is 0 Å². The molecule has 0 aliphatic rings. The van der Waals surface area contributed by atoms with Crippen LogP contribution in [-0.2, 0) is 10.0 Å². The van der Waals surface area contributed by atoms with E-state index in [-0.39, 0.29) is 4.21 Å². The Morgan fingerprint density at radius 1 is 1.33 bits per heavy atom. The van der Waals surface area contributed by atoms with E-state index in [1.54, 1.807) is 37.3 Å². The van der Waals surface area contributed by atoms with Gasteiger partial charge < -0.3 is 5.73 Å². The number of nitrogen functional groups attached to an aromatic ring is 1. The molecule has 2 rings (SSSR count). The Hall–Kier alpha value is -1.24. The highest BCUT2D eigenvalue weighted by atomic mass is 35.5. The number of nitrogens with zero attached hydrogens (tertiary/aromatic N) is 1. The Kier molecular flexibility index (Phi) is 4.81. The topological polar surface area (TPSA) is 63.4 Å². The van der Waals surface area contributed by atoms with E-state index in [0.29, 0.717) is 28.7 Å². The van der Waals surface area contributed by atoms with Crippen LogP contribution in [0.2, 0.25) is 4.34 Å². The van der Waals surface area contributed by atoms with Gasteiger partial charge >= 0.3 is 0 Å². The molecule has 0 atom stereocenters. The minimum atomic E-state index is -3.65. The number of benzene rings is 1. The maximum absolute atomic E-state index is 12.9. The summed E-state index contributed by atoms with van der Waals surface area (Å²) in [5.74, 6) is 0. The molecule has 0 aliphatic heterocycles. The molecule has 7 heteroatoms. The van der Waals surface area contributed by atoms with Crippen LogP contribution in [0.3, 0.4) is 0 Å². The van der Waals surface area contributed by atoms with Crippen molar-refractivity contribution in [3.8, 4) is 0 Å². The van der Waals surface area contributed by atoms with Gasteiger partial charge in [0.15, 0.2) is 0 Å². The zero-order chi connectivity index (χ0) is 15.6. The van der Waals surface area contributed by atoms with Crippen molar-refractivity contribution < 1.29 is 8.42 Å². The van der Waals surface area contributed by atoms with Crippen LogP contribution in [0.15, 0.2) is 34.5 Å². The van der Waals surface area contributed by atoms with Crippen molar-refractivity contribution in [2.45, 2.75) is 24.5 Å². The molecule has 2 aromatic rings. The number of thiophene rings is 1. The van der Waals surface area contributed by atoms with Gasteiger partial charge in [-0.15, -0.1) is 11.3 Å². The maximum Gasteiger partial charge on any atom is 0.273 e. The first-order valence-electron chi connectivity index (χ1n) is 6.51. The molecular formula is C14H17ClN2O2S2. The standard InChI is InChI=1S/C14H17ClN2O2S2/c1-3-8-17(12-7-5-4-6-11(12)16)21(18,19)13-9-10(2)14(15)20-13/h4-7,9H,3,8,16H2,1-2H3. The third kappa shape index (κ3) is 3.17. The zero-order valence-corrected chi connectivity index (χ0v) is 14.2. The van der Waals surface area contributed by atoms with E-state index in [1.165, 1.54) is 4.31 Å². The van der Waals surface area contributed by atoms with Gasteiger partial charge in [-0.1, -0.05) is 30.7 Å². The van der Waals surface area contributed by atoms with Gasteiger partial charge in [-0.05, 0) is 37.1 Å². The Balaban J connectivity index is 2.54. The van der Waals surface area contributed by atoms with Crippen LogP contribution >= 0.6 is 22.9 Å². The fourth-order valence-electron chi connectivity index (χ4n) is 1.96. The zero-order valence-electron chi connectivity index (χ0n) is 11.8. The molecule has 1 aromatic carbocycles. The molecule has 0 saturated carbocycles. The number of para-hydroxylation sites is 2. The van der Waals surface area contributed by atoms with Gasteiger partial charge in [-0.25, -0.2) is 8.42 Å². The smallest absolute Gasteiger partial charge is 0.273 e. The number of rotatable bonds is 5. The Bertz CT molecular complexity index is 722. The molecular weight excluding hydrogens is 328 g/mol. The van der Waals surface area contributed by atoms with E-state index in [2.05, 4.69) is 0 Å². The number of aryl methyl sites for hydroxylation is 1. The van der Waals surface area contributed by atoms with Crippen LogP contribution in [0.1, 0.15) is 18.9 Å². The predicted molar refractivity (Wildman–Crippen MR) is 89.7 cm³/mol. The molecule has 21 heavy (non-hydrogen) atoms. The van der Waals surface area contributed by atoms with Gasteiger partial charge in [-0.2, -0.15) is 0 Å². The molecule has 0 radical (unpaired) electrons. The summed E-state index contributed by atoms with van der Waals surface area (Å²) in [7, 11) is -3.65. The highest BCUT2D eigenvalue weighted by Crippen LogP contribution is 2.35. The summed E-state index contributed by atoms with van der Waals surface area (Å²) in [6.45, 7) is 4.08. The Morgan fingerprint density at radius 2 is 2.00 bits per heavy atom. The van der Waals surface area contributed by atoms with E-state index < -0.39 is 10.0 Å². The van der Waals surface area contributed by atoms with Crippen molar-refractivity contribution in [1.82, 2.24) is 0 Å². The number of anilines is 2.